The van der Waals surface area contributed by atoms with E-state index in [9.17, 15) is 9.90 Å². The van der Waals surface area contributed by atoms with Crippen LogP contribution in [0.25, 0.3) is 0 Å². The number of carboxylic acids is 1. The van der Waals surface area contributed by atoms with Crippen molar-refractivity contribution in [1.82, 2.24) is 4.98 Å². The fourth-order valence-electron chi connectivity index (χ4n) is 1.98. The lowest BCUT2D eigenvalue weighted by molar-refractivity contribution is 0.0697. The van der Waals surface area contributed by atoms with E-state index in [1.54, 1.807) is 12.1 Å². The minimum Gasteiger partial charge on any atom is -0.478 e. The number of para-hydroxylation sites is 1. The van der Waals surface area contributed by atoms with E-state index >= 15 is 0 Å². The lowest BCUT2D eigenvalue weighted by Gasteiger charge is -2.23. The van der Waals surface area contributed by atoms with Crippen LogP contribution >= 0.6 is 0 Å². The van der Waals surface area contributed by atoms with E-state index in [0.29, 0.717) is 12.4 Å². The Hall–Kier alpha value is -2.36. The van der Waals surface area contributed by atoms with Crippen molar-refractivity contribution in [2.24, 2.45) is 0 Å². The second kappa shape index (κ2) is 5.52. The van der Waals surface area contributed by atoms with Gasteiger partial charge in [0.1, 0.15) is 11.4 Å². The highest BCUT2D eigenvalue weighted by molar-refractivity contribution is 5.94. The van der Waals surface area contributed by atoms with E-state index in [-0.39, 0.29) is 5.56 Å². The van der Waals surface area contributed by atoms with Crippen LogP contribution < -0.4 is 4.90 Å². The van der Waals surface area contributed by atoms with E-state index in [1.807, 2.05) is 49.1 Å². The number of rotatable bonds is 4. The molecule has 1 aromatic carbocycles. The molecule has 0 radical (unpaired) electrons. The number of aryl methyl sites for hydroxylation is 1. The molecule has 1 aromatic heterocycles. The lowest BCUT2D eigenvalue weighted by atomic mass is 10.2. The molecule has 0 aliphatic rings. The van der Waals surface area contributed by atoms with Crippen molar-refractivity contribution in [1.29, 1.82) is 0 Å². The molecule has 0 bridgehead atoms. The van der Waals surface area contributed by atoms with Crippen LogP contribution in [0.5, 0.6) is 0 Å². The lowest BCUT2D eigenvalue weighted by Crippen LogP contribution is -2.20. The fraction of sp³-hybridized carbons (Fsp3) is 0.200. The number of carbonyl (C=O) groups is 1. The highest BCUT2D eigenvalue weighted by Crippen LogP contribution is 2.26. The topological polar surface area (TPSA) is 53.4 Å². The van der Waals surface area contributed by atoms with E-state index in [0.717, 1.165) is 11.4 Å². The van der Waals surface area contributed by atoms with Crippen LogP contribution in [0.4, 0.5) is 11.5 Å². The summed E-state index contributed by atoms with van der Waals surface area (Å²) in [4.78, 5) is 17.6. The van der Waals surface area contributed by atoms with Crippen molar-refractivity contribution in [3.8, 4) is 0 Å². The number of benzene rings is 1. The number of nitrogens with zero attached hydrogens (tertiary/aromatic N) is 2. The SMILES string of the molecule is CCN(c1ccccc1)c1nc(C)ccc1C(=O)O. The number of hydrogen-bond acceptors (Lipinski definition) is 3. The molecule has 0 spiro atoms. The number of hydrogen-bond donors (Lipinski definition) is 1. The molecule has 1 heterocycles. The van der Waals surface area contributed by atoms with Crippen molar-refractivity contribution in [2.75, 3.05) is 11.4 Å². The van der Waals surface area contributed by atoms with Gasteiger partial charge in [-0.05, 0) is 38.1 Å². The van der Waals surface area contributed by atoms with Crippen LogP contribution in [-0.2, 0) is 0 Å². The zero-order valence-electron chi connectivity index (χ0n) is 11.0. The molecule has 1 N–H and O–H groups in total. The molecule has 4 nitrogen and oxygen atoms in total. The van der Waals surface area contributed by atoms with Gasteiger partial charge < -0.3 is 10.0 Å². The summed E-state index contributed by atoms with van der Waals surface area (Å²) < 4.78 is 0. The summed E-state index contributed by atoms with van der Waals surface area (Å²) in [6.07, 6.45) is 0. The standard InChI is InChI=1S/C15H16N2O2/c1-3-17(12-7-5-4-6-8-12)14-13(15(18)19)10-9-11(2)16-14/h4-10H,3H2,1-2H3,(H,18,19). The minimum absolute atomic E-state index is 0.219. The number of aromatic nitrogens is 1. The molecule has 0 amide bonds. The van der Waals surface area contributed by atoms with Crippen LogP contribution in [0.3, 0.4) is 0 Å². The molecular weight excluding hydrogens is 240 g/mol. The molecule has 2 aromatic rings. The first-order valence-electron chi connectivity index (χ1n) is 6.17. The third-order valence-electron chi connectivity index (χ3n) is 2.88. The van der Waals surface area contributed by atoms with Gasteiger partial charge in [0.15, 0.2) is 0 Å². The molecule has 0 atom stereocenters. The first-order chi connectivity index (χ1) is 9.13. The fourth-order valence-corrected chi connectivity index (χ4v) is 1.98. The Morgan fingerprint density at radius 2 is 1.89 bits per heavy atom. The number of aromatic carboxylic acids is 1. The Morgan fingerprint density at radius 3 is 2.47 bits per heavy atom. The molecule has 0 aliphatic carbocycles. The summed E-state index contributed by atoms with van der Waals surface area (Å²) in [6.45, 7) is 4.48. The van der Waals surface area contributed by atoms with E-state index < -0.39 is 5.97 Å². The van der Waals surface area contributed by atoms with Crippen LogP contribution in [0, 0.1) is 6.92 Å². The minimum atomic E-state index is -0.961. The second-order valence-corrected chi connectivity index (χ2v) is 4.21. The Balaban J connectivity index is 2.55. The monoisotopic (exact) mass is 256 g/mol. The predicted octanol–water partition coefficient (Wildman–Crippen LogP) is 3.25. The zero-order valence-corrected chi connectivity index (χ0v) is 11.0. The molecule has 2 rings (SSSR count). The Labute approximate surface area is 112 Å². The van der Waals surface area contributed by atoms with Gasteiger partial charge >= 0.3 is 5.97 Å². The van der Waals surface area contributed by atoms with Crippen molar-refractivity contribution < 1.29 is 9.90 Å². The van der Waals surface area contributed by atoms with Gasteiger partial charge in [-0.3, -0.25) is 0 Å². The van der Waals surface area contributed by atoms with Crippen LogP contribution in [0.2, 0.25) is 0 Å². The summed E-state index contributed by atoms with van der Waals surface area (Å²) >= 11 is 0. The van der Waals surface area contributed by atoms with Crippen LogP contribution in [0.15, 0.2) is 42.5 Å². The molecule has 0 saturated heterocycles. The number of carboxylic acid groups (broad SMARTS) is 1. The maximum Gasteiger partial charge on any atom is 0.339 e. The van der Waals surface area contributed by atoms with E-state index in [1.165, 1.54) is 0 Å². The molecule has 0 aliphatic heterocycles. The maximum absolute atomic E-state index is 11.3. The van der Waals surface area contributed by atoms with Gasteiger partial charge in [0.2, 0.25) is 0 Å². The van der Waals surface area contributed by atoms with Crippen LogP contribution in [-0.4, -0.2) is 22.6 Å². The zero-order chi connectivity index (χ0) is 13.8. The number of pyridine rings is 1. The Bertz CT molecular complexity index is 582. The quantitative estimate of drug-likeness (QED) is 0.912. The highest BCUT2D eigenvalue weighted by Gasteiger charge is 2.18. The summed E-state index contributed by atoms with van der Waals surface area (Å²) in [5.41, 5.74) is 1.95. The average Bonchev–Trinajstić information content (AvgIpc) is 2.40. The van der Waals surface area contributed by atoms with Crippen molar-refractivity contribution in [3.63, 3.8) is 0 Å². The smallest absolute Gasteiger partial charge is 0.339 e. The average molecular weight is 256 g/mol. The van der Waals surface area contributed by atoms with Gasteiger partial charge in [-0.1, -0.05) is 18.2 Å². The first kappa shape index (κ1) is 13.1. The number of anilines is 2. The molecular formula is C15H16N2O2. The summed E-state index contributed by atoms with van der Waals surface area (Å²) in [5.74, 6) is -0.474. The van der Waals surface area contributed by atoms with Gasteiger partial charge in [-0.2, -0.15) is 0 Å². The summed E-state index contributed by atoms with van der Waals surface area (Å²) in [6, 6.07) is 13.0. The molecule has 19 heavy (non-hydrogen) atoms. The van der Waals surface area contributed by atoms with E-state index in [4.69, 9.17) is 0 Å². The van der Waals surface area contributed by atoms with Gasteiger partial charge in [0, 0.05) is 17.9 Å². The van der Waals surface area contributed by atoms with E-state index in [2.05, 4.69) is 4.98 Å². The largest absolute Gasteiger partial charge is 0.478 e. The van der Waals surface area contributed by atoms with Gasteiger partial charge in [-0.15, -0.1) is 0 Å². The second-order valence-electron chi connectivity index (χ2n) is 4.21. The van der Waals surface area contributed by atoms with Crippen LogP contribution in [0.1, 0.15) is 23.0 Å². The van der Waals surface area contributed by atoms with Crippen molar-refractivity contribution in [3.05, 3.63) is 53.7 Å². The molecule has 0 fully saturated rings. The van der Waals surface area contributed by atoms with Crippen molar-refractivity contribution in [2.45, 2.75) is 13.8 Å². The van der Waals surface area contributed by atoms with Gasteiger partial charge in [0.25, 0.3) is 0 Å². The highest BCUT2D eigenvalue weighted by atomic mass is 16.4. The first-order valence-corrected chi connectivity index (χ1v) is 6.17. The molecule has 0 saturated carbocycles. The maximum atomic E-state index is 11.3. The normalized spacial score (nSPS) is 10.2. The van der Waals surface area contributed by atoms with Crippen molar-refractivity contribution >= 4 is 17.5 Å². The predicted molar refractivity (Wildman–Crippen MR) is 75.1 cm³/mol. The van der Waals surface area contributed by atoms with Gasteiger partial charge in [-0.25, -0.2) is 9.78 Å². The molecule has 4 heteroatoms. The summed E-state index contributed by atoms with van der Waals surface area (Å²) in [7, 11) is 0. The molecule has 98 valence electrons. The Morgan fingerprint density at radius 1 is 1.21 bits per heavy atom. The summed E-state index contributed by atoms with van der Waals surface area (Å²) in [5, 5.41) is 9.28. The van der Waals surface area contributed by atoms with Gasteiger partial charge in [0.05, 0.1) is 0 Å². The molecule has 0 unspecified atom stereocenters. The third-order valence-corrected chi connectivity index (χ3v) is 2.88. The Kier molecular flexibility index (Phi) is 3.80. The third kappa shape index (κ3) is 2.73.